The Morgan fingerprint density at radius 1 is 1.19 bits per heavy atom. The van der Waals surface area contributed by atoms with Gasteiger partial charge < -0.3 is 15.2 Å². The average molecular weight is 353 g/mol. The molecule has 1 amide bonds. The van der Waals surface area contributed by atoms with E-state index in [1.165, 1.54) is 5.56 Å². The second-order valence-corrected chi connectivity index (χ2v) is 7.17. The molecule has 1 aliphatic heterocycles. The van der Waals surface area contributed by atoms with Crippen LogP contribution in [0.3, 0.4) is 0 Å². The summed E-state index contributed by atoms with van der Waals surface area (Å²) < 4.78 is 12.4. The molecule has 26 heavy (non-hydrogen) atoms. The third-order valence-corrected chi connectivity index (χ3v) is 5.49. The molecule has 0 aromatic heterocycles. The van der Waals surface area contributed by atoms with Crippen LogP contribution < -0.4 is 15.2 Å². The van der Waals surface area contributed by atoms with Gasteiger partial charge in [-0.25, -0.2) is 0 Å². The van der Waals surface area contributed by atoms with Crippen LogP contribution in [0.25, 0.3) is 0 Å². The van der Waals surface area contributed by atoms with Crippen molar-refractivity contribution in [2.75, 3.05) is 0 Å². The largest absolute Gasteiger partial charge is 0.489 e. The van der Waals surface area contributed by atoms with Gasteiger partial charge in [-0.2, -0.15) is 0 Å². The molecule has 0 bridgehead atoms. The van der Waals surface area contributed by atoms with Crippen molar-refractivity contribution in [1.29, 1.82) is 0 Å². The van der Waals surface area contributed by atoms with E-state index < -0.39 is 0 Å². The van der Waals surface area contributed by atoms with Gasteiger partial charge in [-0.15, -0.1) is 0 Å². The fourth-order valence-electron chi connectivity index (χ4n) is 3.59. The van der Waals surface area contributed by atoms with Crippen LogP contribution in [-0.4, -0.2) is 12.0 Å². The molecule has 2 aromatic rings. The number of ether oxygens (including phenoxy) is 2. The summed E-state index contributed by atoms with van der Waals surface area (Å²) in [7, 11) is 0. The standard InChI is InChI=1S/C22H27NO3/c1-13-14(2)21-18(10-11-19(26-21)16(4)22(23)24)15(3)20(13)25-12-17-8-6-5-7-9-17/h5-9,16,19H,10-12H2,1-4H3,(H2,23,24). The Hall–Kier alpha value is -2.49. The molecule has 4 heteroatoms. The summed E-state index contributed by atoms with van der Waals surface area (Å²) in [4.78, 5) is 11.5. The third kappa shape index (κ3) is 3.41. The summed E-state index contributed by atoms with van der Waals surface area (Å²) in [5.41, 5.74) is 11.1. The molecule has 2 unspecified atom stereocenters. The fraction of sp³-hybridized carbons (Fsp3) is 0.409. The number of fused-ring (bicyclic) bond motifs is 1. The van der Waals surface area contributed by atoms with Gasteiger partial charge in [-0.05, 0) is 55.9 Å². The number of hydrogen-bond donors (Lipinski definition) is 1. The highest BCUT2D eigenvalue weighted by atomic mass is 16.5. The predicted molar refractivity (Wildman–Crippen MR) is 103 cm³/mol. The molecule has 0 radical (unpaired) electrons. The first-order valence-electron chi connectivity index (χ1n) is 9.15. The zero-order valence-electron chi connectivity index (χ0n) is 16.0. The van der Waals surface area contributed by atoms with Crippen LogP contribution in [-0.2, 0) is 17.8 Å². The van der Waals surface area contributed by atoms with E-state index in [9.17, 15) is 4.79 Å². The lowest BCUT2D eigenvalue weighted by Crippen LogP contribution is -2.37. The minimum absolute atomic E-state index is 0.159. The number of nitrogens with two attached hydrogens (primary N) is 1. The van der Waals surface area contributed by atoms with Crippen LogP contribution in [0.2, 0.25) is 0 Å². The molecule has 2 atom stereocenters. The molecule has 1 aliphatic rings. The highest BCUT2D eigenvalue weighted by Crippen LogP contribution is 2.42. The molecule has 0 saturated carbocycles. The lowest BCUT2D eigenvalue weighted by molar-refractivity contribution is -0.124. The van der Waals surface area contributed by atoms with Crippen molar-refractivity contribution < 1.29 is 14.3 Å². The van der Waals surface area contributed by atoms with Crippen LogP contribution >= 0.6 is 0 Å². The maximum Gasteiger partial charge on any atom is 0.223 e. The number of rotatable bonds is 5. The van der Waals surface area contributed by atoms with Gasteiger partial charge in [-0.3, -0.25) is 4.79 Å². The van der Waals surface area contributed by atoms with E-state index in [1.807, 2.05) is 25.1 Å². The normalized spacial score (nSPS) is 17.2. The Balaban J connectivity index is 1.89. The number of benzene rings is 2. The maximum absolute atomic E-state index is 11.5. The van der Waals surface area contributed by atoms with Crippen LogP contribution in [0.1, 0.15) is 41.2 Å². The zero-order chi connectivity index (χ0) is 18.8. The molecule has 4 nitrogen and oxygen atoms in total. The zero-order valence-corrected chi connectivity index (χ0v) is 16.0. The summed E-state index contributed by atoms with van der Waals surface area (Å²) in [5.74, 6) is 1.23. The molecule has 2 N–H and O–H groups in total. The van der Waals surface area contributed by atoms with Crippen LogP contribution in [0.15, 0.2) is 30.3 Å². The summed E-state index contributed by atoms with van der Waals surface area (Å²) >= 11 is 0. The van der Waals surface area contributed by atoms with Crippen LogP contribution in [0.4, 0.5) is 0 Å². The van der Waals surface area contributed by atoms with E-state index in [4.69, 9.17) is 15.2 Å². The average Bonchev–Trinajstić information content (AvgIpc) is 2.66. The van der Waals surface area contributed by atoms with E-state index in [0.29, 0.717) is 6.61 Å². The Bertz CT molecular complexity index is 814. The first kappa shape index (κ1) is 18.3. The summed E-state index contributed by atoms with van der Waals surface area (Å²) in [6.07, 6.45) is 1.50. The minimum Gasteiger partial charge on any atom is -0.489 e. The second-order valence-electron chi connectivity index (χ2n) is 7.17. The summed E-state index contributed by atoms with van der Waals surface area (Å²) in [5, 5.41) is 0. The summed E-state index contributed by atoms with van der Waals surface area (Å²) in [6.45, 7) is 8.59. The smallest absolute Gasteiger partial charge is 0.223 e. The van der Waals surface area contributed by atoms with Crippen molar-refractivity contribution in [3.8, 4) is 11.5 Å². The van der Waals surface area contributed by atoms with Gasteiger partial charge in [-0.1, -0.05) is 37.3 Å². The minimum atomic E-state index is -0.313. The third-order valence-electron chi connectivity index (χ3n) is 5.49. The quantitative estimate of drug-likeness (QED) is 0.883. The van der Waals surface area contributed by atoms with Crippen LogP contribution in [0.5, 0.6) is 11.5 Å². The monoisotopic (exact) mass is 353 g/mol. The first-order chi connectivity index (χ1) is 12.4. The predicted octanol–water partition coefficient (Wildman–Crippen LogP) is 4.01. The Labute approximate surface area is 155 Å². The number of carbonyl (C=O) groups is 1. The lowest BCUT2D eigenvalue weighted by Gasteiger charge is -2.32. The van der Waals surface area contributed by atoms with Gasteiger partial charge in [0.05, 0.1) is 5.92 Å². The highest BCUT2D eigenvalue weighted by molar-refractivity contribution is 5.77. The number of carbonyl (C=O) groups excluding carboxylic acids is 1. The molecule has 138 valence electrons. The van der Waals surface area contributed by atoms with Gasteiger partial charge in [0, 0.05) is 5.56 Å². The van der Waals surface area contributed by atoms with Crippen molar-refractivity contribution in [1.82, 2.24) is 0 Å². The molecular weight excluding hydrogens is 326 g/mol. The molecule has 0 aliphatic carbocycles. The van der Waals surface area contributed by atoms with Crippen molar-refractivity contribution in [3.05, 3.63) is 58.1 Å². The Morgan fingerprint density at radius 3 is 2.54 bits per heavy atom. The van der Waals surface area contributed by atoms with Crippen molar-refractivity contribution in [2.24, 2.45) is 11.7 Å². The SMILES string of the molecule is Cc1c(C)c2c(c(C)c1OCc1ccccc1)CCC(C(C)C(N)=O)O2. The molecular formula is C22H27NO3. The Morgan fingerprint density at radius 2 is 1.88 bits per heavy atom. The van der Waals surface area contributed by atoms with Crippen LogP contribution in [0, 0.1) is 26.7 Å². The van der Waals surface area contributed by atoms with Crippen molar-refractivity contribution in [2.45, 2.75) is 53.2 Å². The number of amides is 1. The molecule has 0 fully saturated rings. The van der Waals surface area contributed by atoms with E-state index >= 15 is 0 Å². The molecule has 0 saturated heterocycles. The van der Waals surface area contributed by atoms with E-state index in [0.717, 1.165) is 46.6 Å². The number of hydrogen-bond acceptors (Lipinski definition) is 3. The van der Waals surface area contributed by atoms with Crippen molar-refractivity contribution >= 4 is 5.91 Å². The molecule has 3 rings (SSSR count). The molecule has 0 spiro atoms. The maximum atomic E-state index is 11.5. The van der Waals surface area contributed by atoms with Gasteiger partial charge in [0.1, 0.15) is 24.2 Å². The van der Waals surface area contributed by atoms with E-state index in [1.54, 1.807) is 0 Å². The van der Waals surface area contributed by atoms with Gasteiger partial charge in [0.15, 0.2) is 0 Å². The first-order valence-corrected chi connectivity index (χ1v) is 9.15. The highest BCUT2D eigenvalue weighted by Gasteiger charge is 2.31. The molecule has 1 heterocycles. The Kier molecular flexibility index (Phi) is 5.21. The van der Waals surface area contributed by atoms with Crippen molar-refractivity contribution in [3.63, 3.8) is 0 Å². The molecule has 2 aromatic carbocycles. The van der Waals surface area contributed by atoms with Gasteiger partial charge >= 0.3 is 0 Å². The van der Waals surface area contributed by atoms with E-state index in [-0.39, 0.29) is 17.9 Å². The summed E-state index contributed by atoms with van der Waals surface area (Å²) in [6, 6.07) is 10.2. The second kappa shape index (κ2) is 7.40. The van der Waals surface area contributed by atoms with Gasteiger partial charge in [0.25, 0.3) is 0 Å². The number of primary amides is 1. The topological polar surface area (TPSA) is 61.5 Å². The lowest BCUT2D eigenvalue weighted by atomic mass is 9.88. The fourth-order valence-corrected chi connectivity index (χ4v) is 3.59. The van der Waals surface area contributed by atoms with E-state index in [2.05, 4.69) is 32.9 Å². The van der Waals surface area contributed by atoms with Gasteiger partial charge in [0.2, 0.25) is 5.91 Å².